The van der Waals surface area contributed by atoms with Gasteiger partial charge in [-0.1, -0.05) is 12.1 Å². The Morgan fingerprint density at radius 1 is 1.03 bits per heavy atom. The van der Waals surface area contributed by atoms with Crippen molar-refractivity contribution in [2.75, 3.05) is 38.1 Å². The predicted molar refractivity (Wildman–Crippen MR) is 124 cm³/mol. The number of halogens is 1. The minimum absolute atomic E-state index is 0.113. The summed E-state index contributed by atoms with van der Waals surface area (Å²) in [6, 6.07) is 11.1. The summed E-state index contributed by atoms with van der Waals surface area (Å²) < 4.78 is 15.6. The maximum absolute atomic E-state index is 11.6. The van der Waals surface area contributed by atoms with Crippen LogP contribution in [-0.4, -0.2) is 48.8 Å². The normalized spacial score (nSPS) is 12.7. The lowest BCUT2D eigenvalue weighted by molar-refractivity contribution is 0.0600. The molecule has 0 atom stereocenters. The molecule has 0 aliphatic carbocycles. The number of benzene rings is 2. The fourth-order valence-corrected chi connectivity index (χ4v) is 3.83. The second-order valence-electron chi connectivity index (χ2n) is 7.42. The predicted octanol–water partition coefficient (Wildman–Crippen LogP) is 3.50. The van der Waals surface area contributed by atoms with Gasteiger partial charge in [0.15, 0.2) is 11.5 Å². The van der Waals surface area contributed by atoms with Gasteiger partial charge in [-0.15, -0.1) is 0 Å². The molecule has 1 N–H and O–H groups in total. The summed E-state index contributed by atoms with van der Waals surface area (Å²) in [6.07, 6.45) is 0.814. The van der Waals surface area contributed by atoms with E-state index in [-0.39, 0.29) is 11.3 Å². The van der Waals surface area contributed by atoms with E-state index >= 15 is 0 Å². The lowest BCUT2D eigenvalue weighted by Gasteiger charge is -2.29. The molecular weight excluding hydrogens is 446 g/mol. The first-order chi connectivity index (χ1) is 16.0. The van der Waals surface area contributed by atoms with Crippen molar-refractivity contribution in [2.24, 2.45) is 0 Å². The summed E-state index contributed by atoms with van der Waals surface area (Å²) >= 11 is 6.19. The maximum Gasteiger partial charge on any atom is 0.337 e. The molecule has 2 aromatic carbocycles. The number of esters is 1. The number of nitrogens with one attached hydrogen (secondary N) is 1. The van der Waals surface area contributed by atoms with E-state index in [2.05, 4.69) is 25.2 Å². The number of ether oxygens (including phenoxy) is 3. The van der Waals surface area contributed by atoms with E-state index < -0.39 is 0 Å². The van der Waals surface area contributed by atoms with E-state index in [4.69, 9.17) is 25.8 Å². The van der Waals surface area contributed by atoms with Crippen LogP contribution in [0.25, 0.3) is 0 Å². The van der Waals surface area contributed by atoms with Crippen LogP contribution < -0.4 is 19.7 Å². The third-order valence-corrected chi connectivity index (χ3v) is 5.59. The highest BCUT2D eigenvalue weighted by molar-refractivity contribution is 6.28. The molecule has 0 spiro atoms. The topological polar surface area (TPSA) is 98.7 Å². The zero-order valence-corrected chi connectivity index (χ0v) is 19.3. The lowest BCUT2D eigenvalue weighted by Crippen LogP contribution is -2.32. The van der Waals surface area contributed by atoms with Gasteiger partial charge in [-0.3, -0.25) is 0 Å². The first kappa shape index (κ1) is 22.6. The van der Waals surface area contributed by atoms with Crippen LogP contribution in [0.5, 0.6) is 11.5 Å². The molecule has 0 unspecified atom stereocenters. The number of methoxy groups -OCH3 is 3. The highest BCUT2D eigenvalue weighted by Crippen LogP contribution is 2.34. The van der Waals surface area contributed by atoms with E-state index in [1.54, 1.807) is 26.4 Å². The number of hydrogen-bond acceptors (Lipinski definition) is 9. The highest BCUT2D eigenvalue weighted by atomic mass is 35.5. The van der Waals surface area contributed by atoms with Crippen molar-refractivity contribution in [3.05, 3.63) is 63.9 Å². The molecule has 9 nitrogen and oxygen atoms in total. The molecule has 1 aromatic heterocycles. The number of anilines is 2. The van der Waals surface area contributed by atoms with Gasteiger partial charge in [0, 0.05) is 19.6 Å². The summed E-state index contributed by atoms with van der Waals surface area (Å²) in [5, 5.41) is 3.28. The summed E-state index contributed by atoms with van der Waals surface area (Å²) in [5.41, 5.74) is 3.77. The molecule has 3 aromatic rings. The Hall–Kier alpha value is -3.59. The van der Waals surface area contributed by atoms with Crippen molar-refractivity contribution in [1.29, 1.82) is 0 Å². The van der Waals surface area contributed by atoms with Crippen LogP contribution in [0.2, 0.25) is 5.28 Å². The van der Waals surface area contributed by atoms with Crippen LogP contribution in [-0.2, 0) is 24.2 Å². The van der Waals surface area contributed by atoms with Crippen molar-refractivity contribution in [3.8, 4) is 11.5 Å². The Balaban J connectivity index is 1.48. The Kier molecular flexibility index (Phi) is 6.79. The molecule has 0 fully saturated rings. The number of carbonyl (C=O) groups excluding carboxylic acids is 1. The molecule has 10 heteroatoms. The van der Waals surface area contributed by atoms with Crippen molar-refractivity contribution in [2.45, 2.75) is 19.5 Å². The summed E-state index contributed by atoms with van der Waals surface area (Å²) in [6.45, 7) is 1.81. The largest absolute Gasteiger partial charge is 0.493 e. The molecule has 0 bridgehead atoms. The maximum atomic E-state index is 11.6. The molecule has 1 aliphatic rings. The van der Waals surface area contributed by atoms with Gasteiger partial charge in [0.2, 0.25) is 17.2 Å². The first-order valence-electron chi connectivity index (χ1n) is 10.3. The van der Waals surface area contributed by atoms with E-state index in [1.807, 2.05) is 24.3 Å². The quantitative estimate of drug-likeness (QED) is 0.521. The standard InChI is InChI=1S/C23H24ClN5O4/c1-31-18-10-16-8-9-29(13-17(16)11-19(18)32-2)23-27-21(24)26-22(28-23)25-12-14-4-6-15(7-5-14)20(30)33-3/h4-7,10-11H,8-9,12-13H2,1-3H3,(H,25,26,27,28). The van der Waals surface area contributed by atoms with Gasteiger partial charge < -0.3 is 24.4 Å². The number of carbonyl (C=O) groups is 1. The van der Waals surface area contributed by atoms with Gasteiger partial charge in [0.25, 0.3) is 0 Å². The molecular formula is C23H24ClN5O4. The third kappa shape index (κ3) is 5.09. The third-order valence-electron chi connectivity index (χ3n) is 5.42. The monoisotopic (exact) mass is 469 g/mol. The number of rotatable bonds is 7. The van der Waals surface area contributed by atoms with Gasteiger partial charge in [0.1, 0.15) is 0 Å². The number of fused-ring (bicyclic) bond motifs is 1. The van der Waals surface area contributed by atoms with Gasteiger partial charge in [-0.2, -0.15) is 15.0 Å². The number of nitrogens with zero attached hydrogens (tertiary/aromatic N) is 4. The molecule has 0 saturated heterocycles. The smallest absolute Gasteiger partial charge is 0.337 e. The molecule has 0 saturated carbocycles. The fourth-order valence-electron chi connectivity index (χ4n) is 3.67. The Morgan fingerprint density at radius 2 is 1.73 bits per heavy atom. The van der Waals surface area contributed by atoms with Crippen LogP contribution in [0, 0.1) is 0 Å². The Bertz CT molecular complexity index is 1160. The Labute approximate surface area is 196 Å². The van der Waals surface area contributed by atoms with Crippen LogP contribution in [0.4, 0.5) is 11.9 Å². The van der Waals surface area contributed by atoms with Gasteiger partial charge >= 0.3 is 5.97 Å². The minimum atomic E-state index is -0.373. The number of aromatic nitrogens is 3. The molecule has 172 valence electrons. The average Bonchev–Trinajstić information content (AvgIpc) is 2.85. The van der Waals surface area contributed by atoms with Crippen LogP contribution in [0.1, 0.15) is 27.0 Å². The van der Waals surface area contributed by atoms with Gasteiger partial charge in [-0.05, 0) is 59.0 Å². The van der Waals surface area contributed by atoms with Gasteiger partial charge in [0.05, 0.1) is 26.9 Å². The minimum Gasteiger partial charge on any atom is -0.493 e. The fraction of sp³-hybridized carbons (Fsp3) is 0.304. The molecule has 33 heavy (non-hydrogen) atoms. The Morgan fingerprint density at radius 3 is 2.39 bits per heavy atom. The van der Waals surface area contributed by atoms with E-state index in [9.17, 15) is 4.79 Å². The second-order valence-corrected chi connectivity index (χ2v) is 7.76. The molecule has 1 aliphatic heterocycles. The SMILES string of the molecule is COC(=O)c1ccc(CNc2nc(Cl)nc(N3CCc4cc(OC)c(OC)cc4C3)n2)cc1. The zero-order valence-electron chi connectivity index (χ0n) is 18.6. The van der Waals surface area contributed by atoms with Crippen molar-refractivity contribution < 1.29 is 19.0 Å². The zero-order chi connectivity index (χ0) is 23.4. The average molecular weight is 470 g/mol. The summed E-state index contributed by atoms with van der Waals surface area (Å²) in [7, 11) is 4.61. The van der Waals surface area contributed by atoms with Crippen LogP contribution in [0.3, 0.4) is 0 Å². The van der Waals surface area contributed by atoms with Crippen LogP contribution in [0.15, 0.2) is 36.4 Å². The summed E-state index contributed by atoms with van der Waals surface area (Å²) in [5.74, 6) is 1.91. The summed E-state index contributed by atoms with van der Waals surface area (Å²) in [4.78, 5) is 26.7. The first-order valence-corrected chi connectivity index (χ1v) is 10.7. The van der Waals surface area contributed by atoms with E-state index in [0.717, 1.165) is 29.8 Å². The molecule has 4 rings (SSSR count). The lowest BCUT2D eigenvalue weighted by atomic mass is 9.99. The van der Waals surface area contributed by atoms with Crippen LogP contribution >= 0.6 is 11.6 Å². The number of hydrogen-bond donors (Lipinski definition) is 1. The molecule has 0 radical (unpaired) electrons. The van der Waals surface area contributed by atoms with Crippen molar-refractivity contribution in [3.63, 3.8) is 0 Å². The molecule has 2 heterocycles. The highest BCUT2D eigenvalue weighted by Gasteiger charge is 2.22. The molecule has 0 amide bonds. The second kappa shape index (κ2) is 9.91. The van der Waals surface area contributed by atoms with Gasteiger partial charge in [-0.25, -0.2) is 4.79 Å². The van der Waals surface area contributed by atoms with E-state index in [1.165, 1.54) is 12.7 Å². The van der Waals surface area contributed by atoms with E-state index in [0.29, 0.717) is 36.3 Å². The van der Waals surface area contributed by atoms with Crippen molar-refractivity contribution in [1.82, 2.24) is 15.0 Å². The van der Waals surface area contributed by atoms with Crippen molar-refractivity contribution >= 4 is 29.5 Å².